The standard InChI is InChI=1S/C12H15ClN2S2/c1-3-5-14-11(10-7-15-8(2)17-10)12-9(13)4-6-16-12/h4,6-7,11,14H,3,5H2,1-2H3. The van der Waals surface area contributed by atoms with E-state index in [9.17, 15) is 0 Å². The van der Waals surface area contributed by atoms with Crippen LogP contribution in [0.3, 0.4) is 0 Å². The van der Waals surface area contributed by atoms with Crippen LogP contribution in [0.4, 0.5) is 0 Å². The number of aromatic nitrogens is 1. The molecule has 0 bridgehead atoms. The number of nitrogens with zero attached hydrogens (tertiary/aromatic N) is 1. The molecule has 1 atom stereocenters. The minimum atomic E-state index is 0.189. The number of hydrogen-bond donors (Lipinski definition) is 1. The second kappa shape index (κ2) is 5.96. The SMILES string of the molecule is CCCNC(c1cnc(C)s1)c1sccc1Cl. The van der Waals surface area contributed by atoms with Gasteiger partial charge < -0.3 is 5.32 Å². The van der Waals surface area contributed by atoms with Gasteiger partial charge in [0.25, 0.3) is 0 Å². The van der Waals surface area contributed by atoms with E-state index >= 15 is 0 Å². The zero-order valence-corrected chi connectivity index (χ0v) is 12.3. The molecule has 2 aromatic heterocycles. The molecule has 0 aliphatic rings. The quantitative estimate of drug-likeness (QED) is 0.888. The molecular weight excluding hydrogens is 272 g/mol. The molecule has 1 N–H and O–H groups in total. The van der Waals surface area contributed by atoms with Gasteiger partial charge in [0.05, 0.1) is 16.1 Å². The number of nitrogens with one attached hydrogen (secondary N) is 1. The molecule has 0 amide bonds. The van der Waals surface area contributed by atoms with Crippen molar-refractivity contribution in [1.29, 1.82) is 0 Å². The molecule has 0 saturated carbocycles. The van der Waals surface area contributed by atoms with E-state index in [1.54, 1.807) is 22.7 Å². The van der Waals surface area contributed by atoms with Crippen molar-refractivity contribution in [1.82, 2.24) is 10.3 Å². The molecule has 2 heterocycles. The van der Waals surface area contributed by atoms with Crippen LogP contribution in [0.25, 0.3) is 0 Å². The first kappa shape index (κ1) is 13.0. The summed E-state index contributed by atoms with van der Waals surface area (Å²) in [5.41, 5.74) is 0. The molecule has 0 saturated heterocycles. The minimum absolute atomic E-state index is 0.189. The first-order valence-corrected chi connectivity index (χ1v) is 7.68. The number of thiazole rings is 1. The molecule has 0 aliphatic heterocycles. The van der Waals surface area contributed by atoms with E-state index < -0.39 is 0 Å². The average molecular weight is 287 g/mol. The Hall–Kier alpha value is -0.420. The largest absolute Gasteiger partial charge is 0.305 e. The molecule has 0 fully saturated rings. The van der Waals surface area contributed by atoms with E-state index in [1.165, 1.54) is 9.75 Å². The third-order valence-electron chi connectivity index (χ3n) is 2.43. The molecule has 17 heavy (non-hydrogen) atoms. The highest BCUT2D eigenvalue weighted by Gasteiger charge is 2.19. The predicted molar refractivity (Wildman–Crippen MR) is 76.3 cm³/mol. The van der Waals surface area contributed by atoms with Gasteiger partial charge in [-0.3, -0.25) is 0 Å². The van der Waals surface area contributed by atoms with Crippen LogP contribution in [-0.2, 0) is 0 Å². The maximum absolute atomic E-state index is 6.22. The van der Waals surface area contributed by atoms with Crippen LogP contribution in [0.1, 0.15) is 34.1 Å². The minimum Gasteiger partial charge on any atom is -0.305 e. The Bertz CT molecular complexity index is 478. The van der Waals surface area contributed by atoms with Crippen LogP contribution in [-0.4, -0.2) is 11.5 Å². The molecule has 0 aromatic carbocycles. The van der Waals surface area contributed by atoms with E-state index in [4.69, 9.17) is 11.6 Å². The van der Waals surface area contributed by atoms with Crippen LogP contribution in [0, 0.1) is 6.92 Å². The second-order valence-corrected chi connectivity index (χ2v) is 6.42. The van der Waals surface area contributed by atoms with Crippen molar-refractivity contribution in [3.8, 4) is 0 Å². The number of rotatable bonds is 5. The summed E-state index contributed by atoms with van der Waals surface area (Å²) in [6, 6.07) is 2.14. The van der Waals surface area contributed by atoms with Gasteiger partial charge in [0, 0.05) is 16.0 Å². The molecule has 0 radical (unpaired) electrons. The third kappa shape index (κ3) is 3.07. The highest BCUT2D eigenvalue weighted by Crippen LogP contribution is 2.35. The van der Waals surface area contributed by atoms with E-state index in [2.05, 4.69) is 17.2 Å². The summed E-state index contributed by atoms with van der Waals surface area (Å²) >= 11 is 9.65. The fraction of sp³-hybridized carbons (Fsp3) is 0.417. The molecule has 92 valence electrons. The van der Waals surface area contributed by atoms with Gasteiger partial charge in [0.15, 0.2) is 0 Å². The first-order valence-electron chi connectivity index (χ1n) is 5.61. The topological polar surface area (TPSA) is 24.9 Å². The van der Waals surface area contributed by atoms with Crippen molar-refractivity contribution in [2.75, 3.05) is 6.54 Å². The molecule has 0 aliphatic carbocycles. The van der Waals surface area contributed by atoms with Gasteiger partial charge in [-0.2, -0.15) is 0 Å². The lowest BCUT2D eigenvalue weighted by Crippen LogP contribution is -2.21. The van der Waals surface area contributed by atoms with Crippen molar-refractivity contribution >= 4 is 34.3 Å². The fourth-order valence-electron chi connectivity index (χ4n) is 1.63. The van der Waals surface area contributed by atoms with Crippen molar-refractivity contribution in [2.24, 2.45) is 0 Å². The summed E-state index contributed by atoms with van der Waals surface area (Å²) < 4.78 is 0. The maximum atomic E-state index is 6.22. The summed E-state index contributed by atoms with van der Waals surface area (Å²) in [5, 5.41) is 7.51. The summed E-state index contributed by atoms with van der Waals surface area (Å²) in [6.07, 6.45) is 3.06. The Morgan fingerprint density at radius 2 is 2.35 bits per heavy atom. The lowest BCUT2D eigenvalue weighted by Gasteiger charge is -2.15. The fourth-order valence-corrected chi connectivity index (χ4v) is 3.84. The van der Waals surface area contributed by atoms with E-state index in [-0.39, 0.29) is 6.04 Å². The highest BCUT2D eigenvalue weighted by molar-refractivity contribution is 7.12. The summed E-state index contributed by atoms with van der Waals surface area (Å²) in [6.45, 7) is 5.18. The third-order valence-corrected chi connectivity index (χ3v) is 4.83. The lowest BCUT2D eigenvalue weighted by molar-refractivity contribution is 0.612. The van der Waals surface area contributed by atoms with E-state index in [0.29, 0.717) is 0 Å². The summed E-state index contributed by atoms with van der Waals surface area (Å²) in [5.74, 6) is 0. The molecule has 0 spiro atoms. The number of halogens is 1. The molecule has 5 heteroatoms. The van der Waals surface area contributed by atoms with Crippen molar-refractivity contribution < 1.29 is 0 Å². The van der Waals surface area contributed by atoms with Crippen molar-refractivity contribution in [3.05, 3.63) is 37.4 Å². The number of aryl methyl sites for hydroxylation is 1. The summed E-state index contributed by atoms with van der Waals surface area (Å²) in [7, 11) is 0. The Balaban J connectivity index is 2.28. The molecule has 2 aromatic rings. The monoisotopic (exact) mass is 286 g/mol. The van der Waals surface area contributed by atoms with Gasteiger partial charge in [0.1, 0.15) is 0 Å². The van der Waals surface area contributed by atoms with Gasteiger partial charge >= 0.3 is 0 Å². The van der Waals surface area contributed by atoms with Gasteiger partial charge in [-0.1, -0.05) is 18.5 Å². The van der Waals surface area contributed by atoms with Gasteiger partial charge in [-0.05, 0) is 31.3 Å². The number of hydrogen-bond acceptors (Lipinski definition) is 4. The number of thiophene rings is 1. The molecule has 1 unspecified atom stereocenters. The lowest BCUT2D eigenvalue weighted by atomic mass is 10.2. The smallest absolute Gasteiger partial charge is 0.0897 e. The molecule has 2 rings (SSSR count). The normalized spacial score (nSPS) is 12.9. The zero-order chi connectivity index (χ0) is 12.3. The zero-order valence-electron chi connectivity index (χ0n) is 9.87. The first-order chi connectivity index (χ1) is 8.22. The van der Waals surface area contributed by atoms with Crippen LogP contribution in [0.5, 0.6) is 0 Å². The van der Waals surface area contributed by atoms with Crippen LogP contribution in [0.2, 0.25) is 5.02 Å². The highest BCUT2D eigenvalue weighted by atomic mass is 35.5. The summed E-state index contributed by atoms with van der Waals surface area (Å²) in [4.78, 5) is 6.75. The Labute approximate surface area is 115 Å². The van der Waals surface area contributed by atoms with E-state index in [0.717, 1.165) is 23.0 Å². The van der Waals surface area contributed by atoms with Crippen LogP contribution >= 0.6 is 34.3 Å². The average Bonchev–Trinajstić information content (AvgIpc) is 2.90. The van der Waals surface area contributed by atoms with Crippen LogP contribution in [0.15, 0.2) is 17.6 Å². The maximum Gasteiger partial charge on any atom is 0.0897 e. The Morgan fingerprint density at radius 3 is 2.88 bits per heavy atom. The van der Waals surface area contributed by atoms with Crippen molar-refractivity contribution in [2.45, 2.75) is 26.3 Å². The second-order valence-electron chi connectivity index (χ2n) is 3.80. The Morgan fingerprint density at radius 1 is 1.53 bits per heavy atom. The van der Waals surface area contributed by atoms with Gasteiger partial charge in [-0.15, -0.1) is 22.7 Å². The predicted octanol–water partition coefficient (Wildman–Crippen LogP) is 4.26. The van der Waals surface area contributed by atoms with E-state index in [1.807, 2.05) is 24.6 Å². The van der Waals surface area contributed by atoms with Gasteiger partial charge in [-0.25, -0.2) is 4.98 Å². The van der Waals surface area contributed by atoms with Gasteiger partial charge in [0.2, 0.25) is 0 Å². The molecular formula is C12H15ClN2S2. The van der Waals surface area contributed by atoms with Crippen LogP contribution < -0.4 is 5.32 Å². The molecule has 2 nitrogen and oxygen atoms in total. The van der Waals surface area contributed by atoms with Crippen molar-refractivity contribution in [3.63, 3.8) is 0 Å². The Kier molecular flexibility index (Phi) is 4.56.